The van der Waals surface area contributed by atoms with Crippen LogP contribution in [-0.2, 0) is 11.2 Å². The van der Waals surface area contributed by atoms with Crippen LogP contribution >= 0.6 is 0 Å². The average molecular weight is 307 g/mol. The van der Waals surface area contributed by atoms with Gasteiger partial charge in [0.1, 0.15) is 5.75 Å². The zero-order valence-electron chi connectivity index (χ0n) is 12.8. The summed E-state index contributed by atoms with van der Waals surface area (Å²) in [6.07, 6.45) is 3.93. The maximum atomic E-state index is 11.1. The number of carbonyl (C=O) groups is 1. The van der Waals surface area contributed by atoms with Gasteiger partial charge < -0.3 is 15.0 Å². The van der Waals surface area contributed by atoms with E-state index in [9.17, 15) is 4.79 Å². The van der Waals surface area contributed by atoms with Crippen LogP contribution in [-0.4, -0.2) is 22.6 Å². The van der Waals surface area contributed by atoms with Gasteiger partial charge in [-0.25, -0.2) is 4.98 Å². The summed E-state index contributed by atoms with van der Waals surface area (Å²) < 4.78 is 7.08. The van der Waals surface area contributed by atoms with E-state index in [4.69, 9.17) is 10.5 Å². The van der Waals surface area contributed by atoms with Crippen LogP contribution in [0.15, 0.2) is 61.1 Å². The zero-order valence-corrected chi connectivity index (χ0v) is 12.8. The van der Waals surface area contributed by atoms with Gasteiger partial charge in [0.2, 0.25) is 5.91 Å². The Morgan fingerprint density at radius 2 is 2.00 bits per heavy atom. The van der Waals surface area contributed by atoms with Crippen LogP contribution in [0.4, 0.5) is 0 Å². The fourth-order valence-electron chi connectivity index (χ4n) is 2.40. The summed E-state index contributed by atoms with van der Waals surface area (Å²) in [4.78, 5) is 15.5. The Morgan fingerprint density at radius 1 is 1.22 bits per heavy atom. The molecule has 0 bridgehead atoms. The Balaban J connectivity index is 1.87. The Kier molecular flexibility index (Phi) is 4.10. The van der Waals surface area contributed by atoms with E-state index in [0.29, 0.717) is 0 Å². The number of hydrogen-bond acceptors (Lipinski definition) is 3. The van der Waals surface area contributed by atoms with Gasteiger partial charge in [0, 0.05) is 17.4 Å². The first kappa shape index (κ1) is 14.8. The molecule has 3 aromatic rings. The fraction of sp³-hybridized carbons (Fsp3) is 0.111. The van der Waals surface area contributed by atoms with Crippen molar-refractivity contribution in [2.75, 3.05) is 7.11 Å². The van der Waals surface area contributed by atoms with Crippen molar-refractivity contribution in [3.8, 4) is 22.7 Å². The maximum absolute atomic E-state index is 11.1. The molecule has 0 saturated heterocycles. The summed E-state index contributed by atoms with van der Waals surface area (Å²) in [7, 11) is 1.64. The summed E-state index contributed by atoms with van der Waals surface area (Å²) in [5.41, 5.74) is 8.95. The predicted octanol–water partition coefficient (Wildman–Crippen LogP) is 2.58. The molecule has 0 aliphatic carbocycles. The van der Waals surface area contributed by atoms with Gasteiger partial charge in [0.05, 0.1) is 25.6 Å². The molecule has 5 nitrogen and oxygen atoms in total. The summed E-state index contributed by atoms with van der Waals surface area (Å²) in [5, 5.41) is 0. The number of amides is 1. The predicted molar refractivity (Wildman–Crippen MR) is 88.5 cm³/mol. The molecule has 0 aliphatic rings. The highest BCUT2D eigenvalue weighted by Gasteiger charge is 2.05. The SMILES string of the molecule is COc1ccc(-c2cn(-c3cccc(CC(N)=O)c3)cn2)cc1. The first-order valence-corrected chi connectivity index (χ1v) is 7.22. The van der Waals surface area contributed by atoms with Crippen LogP contribution in [0.2, 0.25) is 0 Å². The van der Waals surface area contributed by atoms with E-state index in [-0.39, 0.29) is 12.3 Å². The number of benzene rings is 2. The third-order valence-corrected chi connectivity index (χ3v) is 3.56. The molecular weight excluding hydrogens is 290 g/mol. The second kappa shape index (κ2) is 6.36. The molecule has 0 aliphatic heterocycles. The van der Waals surface area contributed by atoms with Gasteiger partial charge in [0.15, 0.2) is 0 Å². The van der Waals surface area contributed by atoms with Gasteiger partial charge in [-0.1, -0.05) is 12.1 Å². The van der Waals surface area contributed by atoms with E-state index in [1.807, 2.05) is 59.3 Å². The van der Waals surface area contributed by atoms with Crippen LogP contribution in [0.25, 0.3) is 16.9 Å². The van der Waals surface area contributed by atoms with E-state index in [1.54, 1.807) is 13.4 Å². The minimum atomic E-state index is -0.341. The van der Waals surface area contributed by atoms with Gasteiger partial charge >= 0.3 is 0 Å². The van der Waals surface area contributed by atoms with E-state index in [2.05, 4.69) is 4.98 Å². The second-order valence-corrected chi connectivity index (χ2v) is 5.21. The van der Waals surface area contributed by atoms with E-state index in [0.717, 1.165) is 28.3 Å². The maximum Gasteiger partial charge on any atom is 0.221 e. The lowest BCUT2D eigenvalue weighted by Crippen LogP contribution is -2.13. The lowest BCUT2D eigenvalue weighted by atomic mass is 10.1. The Hall–Kier alpha value is -3.08. The summed E-state index contributed by atoms with van der Waals surface area (Å²) in [5.74, 6) is 0.471. The molecule has 0 atom stereocenters. The van der Waals surface area contributed by atoms with Gasteiger partial charge in [-0.15, -0.1) is 0 Å². The molecule has 116 valence electrons. The van der Waals surface area contributed by atoms with Crippen LogP contribution in [0.3, 0.4) is 0 Å². The number of hydrogen-bond donors (Lipinski definition) is 1. The molecule has 5 heteroatoms. The third kappa shape index (κ3) is 3.40. The number of aromatic nitrogens is 2. The third-order valence-electron chi connectivity index (χ3n) is 3.56. The van der Waals surface area contributed by atoms with E-state index < -0.39 is 0 Å². The highest BCUT2D eigenvalue weighted by Crippen LogP contribution is 2.22. The van der Waals surface area contributed by atoms with Crippen molar-refractivity contribution < 1.29 is 9.53 Å². The Bertz CT molecular complexity index is 822. The van der Waals surface area contributed by atoms with Crippen LogP contribution in [0, 0.1) is 0 Å². The molecule has 1 aromatic heterocycles. The zero-order chi connectivity index (χ0) is 16.2. The monoisotopic (exact) mass is 307 g/mol. The number of carbonyl (C=O) groups excluding carboxylic acids is 1. The summed E-state index contributed by atoms with van der Waals surface area (Å²) in [6.45, 7) is 0. The number of imidazole rings is 1. The van der Waals surface area contributed by atoms with Crippen molar-refractivity contribution in [1.82, 2.24) is 9.55 Å². The number of ether oxygens (including phenoxy) is 1. The standard InChI is InChI=1S/C18H17N3O2/c1-23-16-7-5-14(6-8-16)17-11-21(12-20-17)15-4-2-3-13(9-15)10-18(19)22/h2-9,11-12H,10H2,1H3,(H2,19,22). The topological polar surface area (TPSA) is 70.1 Å². The van der Waals surface area contributed by atoms with Crippen molar-refractivity contribution in [2.45, 2.75) is 6.42 Å². The number of rotatable bonds is 5. The van der Waals surface area contributed by atoms with E-state index >= 15 is 0 Å². The quantitative estimate of drug-likeness (QED) is 0.787. The van der Waals surface area contributed by atoms with Gasteiger partial charge in [-0.05, 0) is 42.0 Å². The van der Waals surface area contributed by atoms with Gasteiger partial charge in [-0.3, -0.25) is 4.79 Å². The van der Waals surface area contributed by atoms with E-state index in [1.165, 1.54) is 0 Å². The number of nitrogens with two attached hydrogens (primary N) is 1. The average Bonchev–Trinajstić information content (AvgIpc) is 3.04. The summed E-state index contributed by atoms with van der Waals surface area (Å²) in [6, 6.07) is 15.4. The van der Waals surface area contributed by atoms with Crippen LogP contribution < -0.4 is 10.5 Å². The molecule has 23 heavy (non-hydrogen) atoms. The molecule has 3 rings (SSSR count). The number of primary amides is 1. The number of methoxy groups -OCH3 is 1. The smallest absolute Gasteiger partial charge is 0.221 e. The largest absolute Gasteiger partial charge is 0.497 e. The summed E-state index contributed by atoms with van der Waals surface area (Å²) >= 11 is 0. The molecule has 0 fully saturated rings. The molecule has 1 amide bonds. The molecule has 2 aromatic carbocycles. The molecule has 0 spiro atoms. The van der Waals surface area contributed by atoms with Crippen LogP contribution in [0.1, 0.15) is 5.56 Å². The normalized spacial score (nSPS) is 10.5. The lowest BCUT2D eigenvalue weighted by Gasteiger charge is -2.04. The fourth-order valence-corrected chi connectivity index (χ4v) is 2.40. The van der Waals surface area contributed by atoms with Crippen LogP contribution in [0.5, 0.6) is 5.75 Å². The minimum Gasteiger partial charge on any atom is -0.497 e. The second-order valence-electron chi connectivity index (χ2n) is 5.21. The number of nitrogens with zero attached hydrogens (tertiary/aromatic N) is 2. The molecule has 1 heterocycles. The lowest BCUT2D eigenvalue weighted by molar-refractivity contribution is -0.117. The Labute approximate surface area is 134 Å². The highest BCUT2D eigenvalue weighted by atomic mass is 16.5. The first-order valence-electron chi connectivity index (χ1n) is 7.22. The highest BCUT2D eigenvalue weighted by molar-refractivity contribution is 5.76. The molecule has 2 N–H and O–H groups in total. The molecule has 0 saturated carbocycles. The molecule has 0 radical (unpaired) electrons. The van der Waals surface area contributed by atoms with Crippen molar-refractivity contribution in [1.29, 1.82) is 0 Å². The van der Waals surface area contributed by atoms with Crippen molar-refractivity contribution in [2.24, 2.45) is 5.73 Å². The van der Waals surface area contributed by atoms with Gasteiger partial charge in [0.25, 0.3) is 0 Å². The van der Waals surface area contributed by atoms with Gasteiger partial charge in [-0.2, -0.15) is 0 Å². The van der Waals surface area contributed by atoms with Crippen molar-refractivity contribution in [3.05, 3.63) is 66.6 Å². The van der Waals surface area contributed by atoms with Crippen molar-refractivity contribution >= 4 is 5.91 Å². The molecular formula is C18H17N3O2. The van der Waals surface area contributed by atoms with Crippen molar-refractivity contribution in [3.63, 3.8) is 0 Å². The minimum absolute atomic E-state index is 0.230. The Morgan fingerprint density at radius 3 is 2.70 bits per heavy atom. The first-order chi connectivity index (χ1) is 11.2. The molecule has 0 unspecified atom stereocenters.